The molecule has 250 valence electrons. The molecule has 5 rings (SSSR count). The van der Waals surface area contributed by atoms with Crippen molar-refractivity contribution in [3.05, 3.63) is 54.9 Å². The number of carbonyl (C=O) groups excluding carboxylic acids is 2. The number of amides is 1. The minimum Gasteiger partial charge on any atom is -0.488 e. The smallest absolute Gasteiger partial charge is 0.310 e. The van der Waals surface area contributed by atoms with Gasteiger partial charge in [0.2, 0.25) is 22.2 Å². The molecule has 15 heteroatoms. The minimum absolute atomic E-state index is 0.0338. The summed E-state index contributed by atoms with van der Waals surface area (Å²) in [5, 5.41) is 2.10. The van der Waals surface area contributed by atoms with Crippen LogP contribution in [-0.4, -0.2) is 104 Å². The van der Waals surface area contributed by atoms with Gasteiger partial charge in [0.25, 0.3) is 0 Å². The van der Waals surface area contributed by atoms with Crippen LogP contribution in [0.4, 0.5) is 5.69 Å². The van der Waals surface area contributed by atoms with E-state index in [4.69, 9.17) is 18.9 Å². The van der Waals surface area contributed by atoms with E-state index in [2.05, 4.69) is 19.6 Å². The van der Waals surface area contributed by atoms with Gasteiger partial charge in [-0.05, 0) is 44.5 Å². The van der Waals surface area contributed by atoms with Gasteiger partial charge in [0, 0.05) is 44.3 Å². The number of anilines is 1. The second kappa shape index (κ2) is 15.6. The number of aromatic nitrogens is 2. The van der Waals surface area contributed by atoms with Gasteiger partial charge in [-0.1, -0.05) is 18.2 Å². The zero-order valence-electron chi connectivity index (χ0n) is 26.2. The van der Waals surface area contributed by atoms with Gasteiger partial charge in [-0.2, -0.15) is 0 Å². The number of nitrogens with zero attached hydrogens (tertiary/aromatic N) is 3. The van der Waals surface area contributed by atoms with Crippen LogP contribution in [0.1, 0.15) is 32.1 Å². The van der Waals surface area contributed by atoms with E-state index >= 15 is 0 Å². The first-order chi connectivity index (χ1) is 22.2. The largest absolute Gasteiger partial charge is 0.488 e. The molecular formula is C31H41N5O8S2. The topological polar surface area (TPSA) is 150 Å². The number of likely N-dealkylation sites (tertiary alicyclic amines) is 1. The highest BCUT2D eigenvalue weighted by Crippen LogP contribution is 2.33. The van der Waals surface area contributed by atoms with Gasteiger partial charge in [-0.3, -0.25) is 14.5 Å². The van der Waals surface area contributed by atoms with E-state index in [9.17, 15) is 18.0 Å². The van der Waals surface area contributed by atoms with Gasteiger partial charge in [-0.15, -0.1) is 11.8 Å². The second-order valence-corrected chi connectivity index (χ2v) is 14.4. The molecule has 2 saturated heterocycles. The molecule has 2 fully saturated rings. The quantitative estimate of drug-likeness (QED) is 0.170. The molecule has 3 aromatic rings. The summed E-state index contributed by atoms with van der Waals surface area (Å²) < 4.78 is 52.9. The van der Waals surface area contributed by atoms with Crippen LogP contribution < -0.4 is 14.8 Å². The molecule has 2 N–H and O–H groups in total. The molecule has 0 aliphatic carbocycles. The second-order valence-electron chi connectivity index (χ2n) is 11.2. The molecule has 0 radical (unpaired) electrons. The lowest BCUT2D eigenvalue weighted by Crippen LogP contribution is -2.46. The third-order valence-corrected chi connectivity index (χ3v) is 11.1. The Bertz CT molecular complexity index is 1600. The zero-order valence-corrected chi connectivity index (χ0v) is 27.8. The van der Waals surface area contributed by atoms with E-state index in [0.717, 1.165) is 16.8 Å². The van der Waals surface area contributed by atoms with Crippen LogP contribution >= 0.6 is 11.8 Å². The Balaban J connectivity index is 1.16. The molecule has 3 heterocycles. The summed E-state index contributed by atoms with van der Waals surface area (Å²) in [6, 6.07) is 14.4. The van der Waals surface area contributed by atoms with Crippen LogP contribution in [0.2, 0.25) is 0 Å². The fourth-order valence-electron chi connectivity index (χ4n) is 5.65. The number of sulfonamides is 1. The van der Waals surface area contributed by atoms with Crippen molar-refractivity contribution < 1.29 is 37.0 Å². The molecule has 0 bridgehead atoms. The highest BCUT2D eigenvalue weighted by atomic mass is 32.2. The number of imidazole rings is 1. The summed E-state index contributed by atoms with van der Waals surface area (Å²) in [4.78, 5) is 31.0. The zero-order chi connectivity index (χ0) is 32.7. The summed E-state index contributed by atoms with van der Waals surface area (Å²) in [7, 11) is -2.09. The Hall–Kier alpha value is -3.21. The lowest BCUT2D eigenvalue weighted by Gasteiger charge is -2.26. The van der Waals surface area contributed by atoms with Gasteiger partial charge in [-0.25, -0.2) is 18.1 Å². The molecule has 4 unspecified atom stereocenters. The van der Waals surface area contributed by atoms with Crippen molar-refractivity contribution >= 4 is 50.4 Å². The summed E-state index contributed by atoms with van der Waals surface area (Å²) in [6.07, 6.45) is 0.917. The molecule has 2 aliphatic rings. The van der Waals surface area contributed by atoms with Crippen molar-refractivity contribution in [1.82, 2.24) is 19.2 Å². The average molecular weight is 676 g/mol. The van der Waals surface area contributed by atoms with Crippen LogP contribution in [0.15, 0.2) is 54.9 Å². The summed E-state index contributed by atoms with van der Waals surface area (Å²) in [5.74, 6) is 0.604. The van der Waals surface area contributed by atoms with Crippen molar-refractivity contribution in [3.63, 3.8) is 0 Å². The lowest BCUT2D eigenvalue weighted by molar-refractivity contribution is -0.163. The molecule has 1 amide bonds. The average Bonchev–Trinajstić information content (AvgIpc) is 3.75. The number of hydrogen-bond donors (Lipinski definition) is 2. The lowest BCUT2D eigenvalue weighted by atomic mass is 10.2. The van der Waals surface area contributed by atoms with Crippen LogP contribution in [0, 0.1) is 0 Å². The first kappa shape index (κ1) is 34.1. The standard InChI is InChI=1S/C31H41N5O8S2/c1-4-42-31-26(17-29(38)44-31)34-46(39,40)24-12-13-35(18-24)19-28(37)33-22-8-7-9-23(16-22)43-21(2)30(45-15-14-41-3)36-20-32-25-10-5-6-11-27(25)36/h5-11,16,20-21,24,26,30-31,34H,4,12-15,17-19H2,1-3H3,(H,33,37)/t21-,24?,26?,30?,31?/m1/s1. The van der Waals surface area contributed by atoms with Gasteiger partial charge in [0.1, 0.15) is 17.2 Å². The fraction of sp³-hybridized carbons (Fsp3) is 0.516. The number of hydrogen-bond acceptors (Lipinski definition) is 11. The maximum Gasteiger partial charge on any atom is 0.310 e. The Labute approximate surface area is 273 Å². The van der Waals surface area contributed by atoms with Gasteiger partial charge in [0.05, 0.1) is 48.2 Å². The third kappa shape index (κ3) is 8.57. The Kier molecular flexibility index (Phi) is 11.6. The number of ether oxygens (including phenoxy) is 4. The van der Waals surface area contributed by atoms with Gasteiger partial charge in [0.15, 0.2) is 0 Å². The highest BCUT2D eigenvalue weighted by Gasteiger charge is 2.41. The number of cyclic esters (lactones) is 1. The Morgan fingerprint density at radius 1 is 1.22 bits per heavy atom. The molecule has 1 aromatic heterocycles. The van der Waals surface area contributed by atoms with Crippen LogP contribution in [0.5, 0.6) is 5.75 Å². The number of carbonyl (C=O) groups is 2. The van der Waals surface area contributed by atoms with E-state index in [-0.39, 0.29) is 43.5 Å². The molecule has 46 heavy (non-hydrogen) atoms. The third-order valence-electron chi connectivity index (χ3n) is 7.82. The molecule has 2 aromatic carbocycles. The van der Waals surface area contributed by atoms with Crippen molar-refractivity contribution in [2.75, 3.05) is 51.0 Å². The van der Waals surface area contributed by atoms with Gasteiger partial charge >= 0.3 is 5.97 Å². The Morgan fingerprint density at radius 2 is 2.04 bits per heavy atom. The van der Waals surface area contributed by atoms with E-state index in [1.807, 2.05) is 49.6 Å². The summed E-state index contributed by atoms with van der Waals surface area (Å²) >= 11 is 1.71. The first-order valence-corrected chi connectivity index (χ1v) is 17.9. The number of thioether (sulfide) groups is 1. The van der Waals surface area contributed by atoms with Crippen molar-refractivity contribution in [2.24, 2.45) is 0 Å². The molecular weight excluding hydrogens is 635 g/mol. The highest BCUT2D eigenvalue weighted by molar-refractivity contribution is 7.99. The molecule has 5 atom stereocenters. The predicted molar refractivity (Wildman–Crippen MR) is 175 cm³/mol. The molecule has 13 nitrogen and oxygen atoms in total. The normalized spacial score (nSPS) is 21.7. The Morgan fingerprint density at radius 3 is 2.85 bits per heavy atom. The van der Waals surface area contributed by atoms with E-state index in [1.54, 1.807) is 42.8 Å². The first-order valence-electron chi connectivity index (χ1n) is 15.3. The predicted octanol–water partition coefficient (Wildman–Crippen LogP) is 2.99. The number of rotatable bonds is 16. The number of nitrogens with one attached hydrogen (secondary N) is 2. The fourth-order valence-corrected chi connectivity index (χ4v) is 8.44. The minimum atomic E-state index is -3.77. The van der Waals surface area contributed by atoms with Crippen molar-refractivity contribution in [3.8, 4) is 5.75 Å². The molecule has 0 saturated carbocycles. The SMILES string of the molecule is CCOC1OC(=O)CC1NS(=O)(=O)C1CCN(CC(=O)Nc2cccc(O[C@H](C)C(SCCOC)n3cnc4ccccc43)c2)C1. The van der Waals surface area contributed by atoms with Gasteiger partial charge < -0.3 is 28.8 Å². The number of fused-ring (bicyclic) bond motifs is 1. The van der Waals surface area contributed by atoms with Crippen molar-refractivity contribution in [1.29, 1.82) is 0 Å². The van der Waals surface area contributed by atoms with Crippen LogP contribution in [0.25, 0.3) is 11.0 Å². The van der Waals surface area contributed by atoms with Crippen LogP contribution in [-0.2, 0) is 33.8 Å². The van der Waals surface area contributed by atoms with Crippen LogP contribution in [0.3, 0.4) is 0 Å². The number of benzene rings is 2. The van der Waals surface area contributed by atoms with E-state index in [1.165, 1.54) is 0 Å². The number of para-hydroxylation sites is 2. The van der Waals surface area contributed by atoms with E-state index < -0.39 is 33.6 Å². The summed E-state index contributed by atoms with van der Waals surface area (Å²) in [5.41, 5.74) is 2.49. The monoisotopic (exact) mass is 675 g/mol. The molecule has 2 aliphatic heterocycles. The number of methoxy groups -OCH3 is 1. The maximum absolute atomic E-state index is 13.1. The summed E-state index contributed by atoms with van der Waals surface area (Å²) in [6.45, 7) is 5.31. The van der Waals surface area contributed by atoms with Crippen molar-refractivity contribution in [2.45, 2.75) is 55.7 Å². The maximum atomic E-state index is 13.1. The van der Waals surface area contributed by atoms with E-state index in [0.29, 0.717) is 31.0 Å². The molecule has 0 spiro atoms. The number of esters is 1.